The monoisotopic (exact) mass is 321 g/mol. The van der Waals surface area contributed by atoms with Gasteiger partial charge in [-0.15, -0.1) is 0 Å². The van der Waals surface area contributed by atoms with Gasteiger partial charge in [-0.05, 0) is 26.0 Å². The smallest absolute Gasteiger partial charge is 0.329 e. The molecule has 2 atom stereocenters. The van der Waals surface area contributed by atoms with Crippen LogP contribution in [0.1, 0.15) is 24.2 Å². The van der Waals surface area contributed by atoms with Gasteiger partial charge in [0, 0.05) is 12.6 Å². The van der Waals surface area contributed by atoms with Crippen molar-refractivity contribution in [2.24, 2.45) is 0 Å². The fraction of sp³-hybridized carbons (Fsp3) is 0.333. The van der Waals surface area contributed by atoms with Gasteiger partial charge in [0.2, 0.25) is 0 Å². The molecule has 8 nitrogen and oxygen atoms in total. The number of hydrogen-bond donors (Lipinski definition) is 3. The molecule has 1 aromatic rings. The summed E-state index contributed by atoms with van der Waals surface area (Å²) >= 11 is 0. The summed E-state index contributed by atoms with van der Waals surface area (Å²) in [5.74, 6) is -1.98. The number of hydrogen-bond acceptors (Lipinski definition) is 5. The van der Waals surface area contributed by atoms with E-state index in [-0.39, 0.29) is 0 Å². The lowest BCUT2D eigenvalue weighted by atomic mass is 10.2. The number of rotatable bonds is 5. The first-order chi connectivity index (χ1) is 10.8. The quantitative estimate of drug-likeness (QED) is 0.670. The minimum Gasteiger partial charge on any atom is -0.451 e. The van der Waals surface area contributed by atoms with Crippen LogP contribution in [0.4, 0.5) is 4.79 Å². The molecule has 0 radical (unpaired) electrons. The Kier molecular flexibility index (Phi) is 6.72. The maximum absolute atomic E-state index is 11.9. The normalized spacial score (nSPS) is 12.5. The van der Waals surface area contributed by atoms with Gasteiger partial charge >= 0.3 is 12.0 Å². The van der Waals surface area contributed by atoms with Crippen LogP contribution in [-0.4, -0.2) is 43.0 Å². The van der Waals surface area contributed by atoms with Crippen molar-refractivity contribution in [3.05, 3.63) is 35.9 Å². The van der Waals surface area contributed by atoms with Gasteiger partial charge in [0.1, 0.15) is 6.04 Å². The summed E-state index contributed by atoms with van der Waals surface area (Å²) in [7, 11) is 1.35. The van der Waals surface area contributed by atoms with Crippen LogP contribution in [0.15, 0.2) is 30.3 Å². The van der Waals surface area contributed by atoms with E-state index in [0.29, 0.717) is 5.56 Å². The largest absolute Gasteiger partial charge is 0.451 e. The number of urea groups is 1. The van der Waals surface area contributed by atoms with E-state index >= 15 is 0 Å². The topological polar surface area (TPSA) is 114 Å². The van der Waals surface area contributed by atoms with E-state index in [1.807, 2.05) is 5.32 Å². The standard InChI is InChI=1S/C15H19N3O5/c1-9(17-13(20)11-7-5-4-6-8-11)14(21)23-10(2)12(19)18-15(22)16-3/h4-10H,1-3H3,(H,17,20)(H2,16,18,19,22)/t9-,10-/m0/s1. The van der Waals surface area contributed by atoms with Crippen LogP contribution in [0.25, 0.3) is 0 Å². The summed E-state index contributed by atoms with van der Waals surface area (Å²) in [6.45, 7) is 2.76. The van der Waals surface area contributed by atoms with Crippen LogP contribution >= 0.6 is 0 Å². The van der Waals surface area contributed by atoms with Gasteiger partial charge in [0.25, 0.3) is 11.8 Å². The number of amides is 4. The van der Waals surface area contributed by atoms with Gasteiger partial charge in [0.05, 0.1) is 0 Å². The van der Waals surface area contributed by atoms with Gasteiger partial charge in [-0.3, -0.25) is 14.9 Å². The molecule has 0 aromatic heterocycles. The molecule has 0 heterocycles. The highest BCUT2D eigenvalue weighted by atomic mass is 16.5. The molecule has 1 aromatic carbocycles. The van der Waals surface area contributed by atoms with Gasteiger partial charge in [-0.25, -0.2) is 9.59 Å². The lowest BCUT2D eigenvalue weighted by Crippen LogP contribution is -2.46. The average Bonchev–Trinajstić information content (AvgIpc) is 2.55. The van der Waals surface area contributed by atoms with Crippen LogP contribution in [0, 0.1) is 0 Å². The summed E-state index contributed by atoms with van der Waals surface area (Å²) in [5, 5.41) is 6.66. The lowest BCUT2D eigenvalue weighted by molar-refractivity contribution is -0.155. The second kappa shape index (κ2) is 8.52. The molecular formula is C15H19N3O5. The Morgan fingerprint density at radius 1 is 1.04 bits per heavy atom. The van der Waals surface area contributed by atoms with Crippen molar-refractivity contribution in [2.45, 2.75) is 26.0 Å². The summed E-state index contributed by atoms with van der Waals surface area (Å²) in [5.41, 5.74) is 0.401. The molecule has 124 valence electrons. The minimum absolute atomic E-state index is 0.401. The SMILES string of the molecule is CNC(=O)NC(=O)[C@H](C)OC(=O)[C@H](C)NC(=O)c1ccccc1. The molecule has 0 spiro atoms. The number of esters is 1. The molecule has 0 unspecified atom stereocenters. The zero-order valence-electron chi connectivity index (χ0n) is 13.1. The van der Waals surface area contributed by atoms with E-state index in [1.54, 1.807) is 30.3 Å². The molecule has 0 aliphatic carbocycles. The van der Waals surface area contributed by atoms with Gasteiger partial charge in [-0.1, -0.05) is 18.2 Å². The van der Waals surface area contributed by atoms with Crippen LogP contribution in [0.3, 0.4) is 0 Å². The second-order valence-corrected chi connectivity index (χ2v) is 4.71. The third-order valence-electron chi connectivity index (χ3n) is 2.86. The molecule has 23 heavy (non-hydrogen) atoms. The van der Waals surface area contributed by atoms with Crippen molar-refractivity contribution in [1.82, 2.24) is 16.0 Å². The Bertz CT molecular complexity index is 588. The highest BCUT2D eigenvalue weighted by Gasteiger charge is 2.24. The van der Waals surface area contributed by atoms with E-state index in [1.165, 1.54) is 20.9 Å². The van der Waals surface area contributed by atoms with Crippen LogP contribution < -0.4 is 16.0 Å². The zero-order chi connectivity index (χ0) is 17.4. The number of benzene rings is 1. The van der Waals surface area contributed by atoms with Crippen molar-refractivity contribution in [3.63, 3.8) is 0 Å². The van der Waals surface area contributed by atoms with E-state index < -0.39 is 36.0 Å². The Labute approximate surface area is 133 Å². The number of carbonyl (C=O) groups excluding carboxylic acids is 4. The van der Waals surface area contributed by atoms with E-state index in [4.69, 9.17) is 4.74 Å². The van der Waals surface area contributed by atoms with Gasteiger partial charge in [-0.2, -0.15) is 0 Å². The molecule has 1 rings (SSSR count). The minimum atomic E-state index is -1.17. The lowest BCUT2D eigenvalue weighted by Gasteiger charge is -2.17. The van der Waals surface area contributed by atoms with E-state index in [2.05, 4.69) is 10.6 Å². The zero-order valence-corrected chi connectivity index (χ0v) is 13.1. The predicted molar refractivity (Wildman–Crippen MR) is 81.5 cm³/mol. The molecule has 4 amide bonds. The van der Waals surface area contributed by atoms with E-state index in [0.717, 1.165) is 0 Å². The summed E-state index contributed by atoms with van der Waals surface area (Å²) in [4.78, 5) is 46.4. The predicted octanol–water partition coefficient (Wildman–Crippen LogP) is 0.192. The Balaban J connectivity index is 2.52. The first kappa shape index (κ1) is 18.1. The molecule has 3 N–H and O–H groups in total. The number of nitrogens with one attached hydrogen (secondary N) is 3. The van der Waals surface area contributed by atoms with Gasteiger partial charge < -0.3 is 15.4 Å². The van der Waals surface area contributed by atoms with Crippen molar-refractivity contribution in [1.29, 1.82) is 0 Å². The molecule has 0 aliphatic rings. The van der Waals surface area contributed by atoms with Crippen molar-refractivity contribution in [2.75, 3.05) is 7.05 Å². The third-order valence-corrected chi connectivity index (χ3v) is 2.86. The summed E-state index contributed by atoms with van der Waals surface area (Å²) in [6.07, 6.45) is -1.17. The molecule has 0 saturated carbocycles. The number of ether oxygens (including phenoxy) is 1. The Morgan fingerprint density at radius 2 is 1.65 bits per heavy atom. The summed E-state index contributed by atoms with van der Waals surface area (Å²) in [6, 6.07) is 6.72. The maximum Gasteiger partial charge on any atom is 0.329 e. The van der Waals surface area contributed by atoms with Gasteiger partial charge in [0.15, 0.2) is 6.10 Å². The first-order valence-electron chi connectivity index (χ1n) is 6.94. The molecular weight excluding hydrogens is 302 g/mol. The summed E-state index contributed by atoms with van der Waals surface area (Å²) < 4.78 is 4.91. The molecule has 8 heteroatoms. The molecule has 0 bridgehead atoms. The first-order valence-corrected chi connectivity index (χ1v) is 6.94. The fourth-order valence-electron chi connectivity index (χ4n) is 1.53. The van der Waals surface area contributed by atoms with Crippen molar-refractivity contribution < 1.29 is 23.9 Å². The molecule has 0 saturated heterocycles. The fourth-order valence-corrected chi connectivity index (χ4v) is 1.53. The van der Waals surface area contributed by atoms with Crippen molar-refractivity contribution in [3.8, 4) is 0 Å². The Hall–Kier alpha value is -2.90. The Morgan fingerprint density at radius 3 is 2.22 bits per heavy atom. The molecule has 0 aliphatic heterocycles. The number of carbonyl (C=O) groups is 4. The second-order valence-electron chi connectivity index (χ2n) is 4.71. The third kappa shape index (κ3) is 5.77. The average molecular weight is 321 g/mol. The number of imide groups is 1. The maximum atomic E-state index is 11.9. The molecule has 0 fully saturated rings. The van der Waals surface area contributed by atoms with Crippen LogP contribution in [0.2, 0.25) is 0 Å². The highest BCUT2D eigenvalue weighted by molar-refractivity contribution is 5.98. The van der Waals surface area contributed by atoms with Crippen LogP contribution in [-0.2, 0) is 14.3 Å². The highest BCUT2D eigenvalue weighted by Crippen LogP contribution is 2.01. The van der Waals surface area contributed by atoms with Crippen molar-refractivity contribution >= 4 is 23.8 Å². The van der Waals surface area contributed by atoms with Crippen LogP contribution in [0.5, 0.6) is 0 Å². The van der Waals surface area contributed by atoms with E-state index in [9.17, 15) is 19.2 Å².